The van der Waals surface area contributed by atoms with Crippen LogP contribution in [0.3, 0.4) is 0 Å². The molecular weight excluding hydrogens is 238 g/mol. The third-order valence-electron chi connectivity index (χ3n) is 4.70. The van der Waals surface area contributed by atoms with Gasteiger partial charge in [0.2, 0.25) is 0 Å². The molecule has 4 nitrogen and oxygen atoms in total. The lowest BCUT2D eigenvalue weighted by Crippen LogP contribution is -2.40. The Labute approximate surface area is 114 Å². The van der Waals surface area contributed by atoms with Gasteiger partial charge in [-0.05, 0) is 50.6 Å². The van der Waals surface area contributed by atoms with Gasteiger partial charge in [-0.25, -0.2) is 4.98 Å². The molecule has 2 heterocycles. The molecule has 0 bridgehead atoms. The molecule has 2 fully saturated rings. The van der Waals surface area contributed by atoms with Gasteiger partial charge in [0.25, 0.3) is 5.56 Å². The van der Waals surface area contributed by atoms with Gasteiger partial charge in [0.05, 0.1) is 6.33 Å². The molecule has 0 spiro atoms. The Kier molecular flexibility index (Phi) is 3.97. The summed E-state index contributed by atoms with van der Waals surface area (Å²) in [5.74, 6) is 1.61. The van der Waals surface area contributed by atoms with Crippen molar-refractivity contribution < 1.29 is 0 Å². The van der Waals surface area contributed by atoms with E-state index < -0.39 is 0 Å². The van der Waals surface area contributed by atoms with Crippen LogP contribution in [-0.2, 0) is 6.54 Å². The second kappa shape index (κ2) is 5.87. The standard InChI is InChI=1S/C15H23N3O/c19-15-4-7-16-12-18(15)11-14-5-8-17(9-6-14)10-13-2-1-3-13/h4,7,12-14H,1-3,5-6,8-11H2. The number of piperidine rings is 1. The summed E-state index contributed by atoms with van der Waals surface area (Å²) in [5.41, 5.74) is 0.0758. The zero-order chi connectivity index (χ0) is 13.1. The average Bonchev–Trinajstić information content (AvgIpc) is 2.38. The lowest BCUT2D eigenvalue weighted by atomic mass is 9.84. The molecule has 0 atom stereocenters. The van der Waals surface area contributed by atoms with Crippen LogP contribution in [0, 0.1) is 11.8 Å². The zero-order valence-electron chi connectivity index (χ0n) is 11.5. The fourth-order valence-corrected chi connectivity index (χ4v) is 3.19. The number of hydrogen-bond acceptors (Lipinski definition) is 3. The predicted octanol–water partition coefficient (Wildman–Crippen LogP) is 1.76. The van der Waals surface area contributed by atoms with Crippen LogP contribution in [0.4, 0.5) is 0 Å². The molecule has 1 saturated heterocycles. The highest BCUT2D eigenvalue weighted by Crippen LogP contribution is 2.28. The van der Waals surface area contributed by atoms with Crippen LogP contribution in [0.15, 0.2) is 23.4 Å². The van der Waals surface area contributed by atoms with Crippen molar-refractivity contribution in [1.29, 1.82) is 0 Å². The quantitative estimate of drug-likeness (QED) is 0.829. The van der Waals surface area contributed by atoms with Crippen molar-refractivity contribution in [2.75, 3.05) is 19.6 Å². The molecule has 4 heteroatoms. The summed E-state index contributed by atoms with van der Waals surface area (Å²) in [5, 5.41) is 0. The second-order valence-electron chi connectivity index (χ2n) is 6.11. The Morgan fingerprint density at radius 3 is 2.47 bits per heavy atom. The van der Waals surface area contributed by atoms with Gasteiger partial charge in [-0.1, -0.05) is 6.42 Å². The highest BCUT2D eigenvalue weighted by molar-refractivity contribution is 4.84. The minimum atomic E-state index is 0.0758. The van der Waals surface area contributed by atoms with Crippen LogP contribution in [0.5, 0.6) is 0 Å². The van der Waals surface area contributed by atoms with Crippen LogP contribution in [-0.4, -0.2) is 34.1 Å². The minimum absolute atomic E-state index is 0.0758. The third-order valence-corrected chi connectivity index (χ3v) is 4.70. The summed E-state index contributed by atoms with van der Waals surface area (Å²) in [7, 11) is 0. The van der Waals surface area contributed by atoms with Gasteiger partial charge < -0.3 is 4.90 Å². The summed E-state index contributed by atoms with van der Waals surface area (Å²) in [4.78, 5) is 18.3. The Hall–Kier alpha value is -1.16. The lowest BCUT2D eigenvalue weighted by molar-refractivity contribution is 0.125. The smallest absolute Gasteiger partial charge is 0.253 e. The SMILES string of the molecule is O=c1ccncn1CC1CCN(CC2CCC2)CC1. The first-order valence-corrected chi connectivity index (χ1v) is 7.54. The van der Waals surface area contributed by atoms with E-state index >= 15 is 0 Å². The third kappa shape index (κ3) is 3.24. The van der Waals surface area contributed by atoms with Crippen molar-refractivity contribution in [1.82, 2.24) is 14.5 Å². The molecular formula is C15H23N3O. The van der Waals surface area contributed by atoms with Gasteiger partial charge >= 0.3 is 0 Å². The monoisotopic (exact) mass is 261 g/mol. The van der Waals surface area contributed by atoms with Crippen molar-refractivity contribution in [3.63, 3.8) is 0 Å². The van der Waals surface area contributed by atoms with Crippen LogP contribution in [0.2, 0.25) is 0 Å². The Balaban J connectivity index is 1.47. The summed E-state index contributed by atoms with van der Waals surface area (Å²) >= 11 is 0. The van der Waals surface area contributed by atoms with Crippen LogP contribution >= 0.6 is 0 Å². The van der Waals surface area contributed by atoms with E-state index in [1.54, 1.807) is 23.2 Å². The van der Waals surface area contributed by atoms with Gasteiger partial charge in [0.15, 0.2) is 0 Å². The molecule has 19 heavy (non-hydrogen) atoms. The number of nitrogens with zero attached hydrogens (tertiary/aromatic N) is 3. The van der Waals surface area contributed by atoms with Crippen molar-refractivity contribution >= 4 is 0 Å². The second-order valence-corrected chi connectivity index (χ2v) is 6.11. The van der Waals surface area contributed by atoms with Crippen LogP contribution < -0.4 is 5.56 Å². The molecule has 0 N–H and O–H groups in total. The number of likely N-dealkylation sites (tertiary alicyclic amines) is 1. The molecule has 1 saturated carbocycles. The normalized spacial score (nSPS) is 22.3. The van der Waals surface area contributed by atoms with E-state index in [4.69, 9.17) is 0 Å². The maximum absolute atomic E-state index is 11.7. The van der Waals surface area contributed by atoms with E-state index in [0.717, 1.165) is 12.5 Å². The maximum atomic E-state index is 11.7. The first-order valence-electron chi connectivity index (χ1n) is 7.54. The molecule has 0 radical (unpaired) electrons. The molecule has 0 aromatic carbocycles. The van der Waals surface area contributed by atoms with Crippen molar-refractivity contribution in [2.24, 2.45) is 11.8 Å². The topological polar surface area (TPSA) is 38.1 Å². The van der Waals surface area contributed by atoms with E-state index in [9.17, 15) is 4.79 Å². The molecule has 3 rings (SSSR count). The summed E-state index contributed by atoms with van der Waals surface area (Å²) in [6.07, 6.45) is 9.98. The van der Waals surface area contributed by atoms with E-state index in [0.29, 0.717) is 5.92 Å². The number of hydrogen-bond donors (Lipinski definition) is 0. The van der Waals surface area contributed by atoms with Gasteiger partial charge in [-0.3, -0.25) is 9.36 Å². The van der Waals surface area contributed by atoms with E-state index in [-0.39, 0.29) is 5.56 Å². The van der Waals surface area contributed by atoms with E-state index in [1.165, 1.54) is 51.7 Å². The molecule has 1 aliphatic carbocycles. The lowest BCUT2D eigenvalue weighted by Gasteiger charge is -2.37. The number of aromatic nitrogens is 2. The molecule has 1 aliphatic heterocycles. The summed E-state index contributed by atoms with van der Waals surface area (Å²) < 4.78 is 1.76. The molecule has 0 unspecified atom stereocenters. The molecule has 2 aliphatic rings. The maximum Gasteiger partial charge on any atom is 0.253 e. The van der Waals surface area contributed by atoms with Gasteiger partial charge in [0, 0.05) is 25.4 Å². The first kappa shape index (κ1) is 12.9. The zero-order valence-corrected chi connectivity index (χ0v) is 11.5. The Morgan fingerprint density at radius 1 is 1.11 bits per heavy atom. The van der Waals surface area contributed by atoms with Crippen molar-refractivity contribution in [2.45, 2.75) is 38.6 Å². The predicted molar refractivity (Wildman–Crippen MR) is 75.0 cm³/mol. The Morgan fingerprint density at radius 2 is 1.84 bits per heavy atom. The number of rotatable bonds is 4. The first-order chi connectivity index (χ1) is 9.31. The molecule has 0 amide bonds. The Bertz CT molecular complexity index is 458. The highest BCUT2D eigenvalue weighted by atomic mass is 16.1. The van der Waals surface area contributed by atoms with Crippen LogP contribution in [0.25, 0.3) is 0 Å². The van der Waals surface area contributed by atoms with E-state index in [2.05, 4.69) is 9.88 Å². The van der Waals surface area contributed by atoms with Gasteiger partial charge in [-0.2, -0.15) is 0 Å². The molecule has 1 aromatic heterocycles. The summed E-state index contributed by atoms with van der Waals surface area (Å²) in [6.45, 7) is 4.55. The van der Waals surface area contributed by atoms with E-state index in [1.807, 2.05) is 0 Å². The largest absolute Gasteiger partial charge is 0.303 e. The van der Waals surface area contributed by atoms with Gasteiger partial charge in [-0.15, -0.1) is 0 Å². The van der Waals surface area contributed by atoms with Crippen LogP contribution in [0.1, 0.15) is 32.1 Å². The average molecular weight is 261 g/mol. The minimum Gasteiger partial charge on any atom is -0.303 e. The van der Waals surface area contributed by atoms with Gasteiger partial charge in [0.1, 0.15) is 0 Å². The van der Waals surface area contributed by atoms with Crippen molar-refractivity contribution in [3.8, 4) is 0 Å². The fraction of sp³-hybridized carbons (Fsp3) is 0.733. The van der Waals surface area contributed by atoms with Crippen molar-refractivity contribution in [3.05, 3.63) is 28.9 Å². The molecule has 1 aromatic rings. The fourth-order valence-electron chi connectivity index (χ4n) is 3.19. The molecule has 104 valence electrons. The highest BCUT2D eigenvalue weighted by Gasteiger charge is 2.24. The summed E-state index contributed by atoms with van der Waals surface area (Å²) in [6, 6.07) is 1.55.